The molecule has 0 saturated carbocycles. The maximum Gasteiger partial charge on any atom is 0.265 e. The molecule has 1 heterocycles. The highest BCUT2D eigenvalue weighted by atomic mass is 19.1. The van der Waals surface area contributed by atoms with E-state index in [0.717, 1.165) is 12.1 Å². The number of carbonyl (C=O) groups excluding carboxylic acids is 2. The lowest BCUT2D eigenvalue weighted by Gasteiger charge is -2.25. The molecule has 2 amide bonds. The van der Waals surface area contributed by atoms with Crippen molar-refractivity contribution in [2.24, 2.45) is 0 Å². The zero-order valence-corrected chi connectivity index (χ0v) is 12.0. The molecule has 0 radical (unpaired) electrons. The number of hydrogen-bond donors (Lipinski definition) is 2. The Kier molecular flexibility index (Phi) is 3.69. The molecule has 3 rings (SSSR count). The third-order valence-corrected chi connectivity index (χ3v) is 3.36. The van der Waals surface area contributed by atoms with Crippen molar-refractivity contribution >= 4 is 23.2 Å². The molecule has 7 heteroatoms. The van der Waals surface area contributed by atoms with Crippen LogP contribution in [0.5, 0.6) is 5.75 Å². The van der Waals surface area contributed by atoms with Crippen LogP contribution in [0.15, 0.2) is 36.4 Å². The fourth-order valence-electron chi connectivity index (χ4n) is 2.19. The first-order valence-electron chi connectivity index (χ1n) is 6.82. The van der Waals surface area contributed by atoms with Crippen LogP contribution in [0.2, 0.25) is 0 Å². The van der Waals surface area contributed by atoms with Crippen molar-refractivity contribution in [2.45, 2.75) is 13.0 Å². The van der Waals surface area contributed by atoms with E-state index in [2.05, 4.69) is 10.6 Å². The standard InChI is InChI=1S/C16H12F2N2O3/c1-8-15(21)20-13-4-2-3-10(14(13)23-8)16(22)19-12-6-5-9(17)7-11(12)18/h2-8H,1H3,(H,19,22)(H,20,21). The lowest BCUT2D eigenvalue weighted by atomic mass is 10.1. The van der Waals surface area contributed by atoms with Gasteiger partial charge < -0.3 is 15.4 Å². The summed E-state index contributed by atoms with van der Waals surface area (Å²) in [7, 11) is 0. The molecule has 2 aromatic carbocycles. The molecule has 1 aliphatic rings. The average molecular weight is 318 g/mol. The van der Waals surface area contributed by atoms with Crippen LogP contribution in [0.25, 0.3) is 0 Å². The van der Waals surface area contributed by atoms with Gasteiger partial charge in [-0.2, -0.15) is 0 Å². The number of nitrogens with one attached hydrogen (secondary N) is 2. The number of amides is 2. The molecule has 0 aliphatic carbocycles. The normalized spacial score (nSPS) is 16.1. The third-order valence-electron chi connectivity index (χ3n) is 3.36. The highest BCUT2D eigenvalue weighted by Gasteiger charge is 2.27. The maximum absolute atomic E-state index is 13.6. The van der Waals surface area contributed by atoms with Crippen molar-refractivity contribution in [1.82, 2.24) is 0 Å². The monoisotopic (exact) mass is 318 g/mol. The summed E-state index contributed by atoms with van der Waals surface area (Å²) in [5.41, 5.74) is 0.347. The van der Waals surface area contributed by atoms with Gasteiger partial charge in [-0.15, -0.1) is 0 Å². The first-order valence-corrected chi connectivity index (χ1v) is 6.82. The molecule has 1 atom stereocenters. The third kappa shape index (κ3) is 2.85. The van der Waals surface area contributed by atoms with Crippen molar-refractivity contribution in [1.29, 1.82) is 0 Å². The Morgan fingerprint density at radius 2 is 2.04 bits per heavy atom. The Labute approximate surface area is 130 Å². The number of anilines is 2. The van der Waals surface area contributed by atoms with Crippen molar-refractivity contribution in [3.63, 3.8) is 0 Å². The highest BCUT2D eigenvalue weighted by molar-refractivity contribution is 6.09. The number of hydrogen-bond acceptors (Lipinski definition) is 3. The summed E-state index contributed by atoms with van der Waals surface area (Å²) in [5, 5.41) is 4.98. The van der Waals surface area contributed by atoms with Gasteiger partial charge in [0.2, 0.25) is 0 Å². The Morgan fingerprint density at radius 1 is 1.26 bits per heavy atom. The van der Waals surface area contributed by atoms with Crippen LogP contribution in [0.4, 0.5) is 20.2 Å². The van der Waals surface area contributed by atoms with Gasteiger partial charge in [0.15, 0.2) is 11.9 Å². The van der Waals surface area contributed by atoms with E-state index in [1.165, 1.54) is 6.07 Å². The number of para-hydroxylation sites is 1. The molecule has 2 N–H and O–H groups in total. The molecule has 0 fully saturated rings. The van der Waals surface area contributed by atoms with Crippen LogP contribution in [0.1, 0.15) is 17.3 Å². The molecular weight excluding hydrogens is 306 g/mol. The molecule has 2 aromatic rings. The van der Waals surface area contributed by atoms with Gasteiger partial charge in [-0.25, -0.2) is 8.78 Å². The van der Waals surface area contributed by atoms with Gasteiger partial charge in [0, 0.05) is 6.07 Å². The van der Waals surface area contributed by atoms with Gasteiger partial charge >= 0.3 is 0 Å². The van der Waals surface area contributed by atoms with Crippen molar-refractivity contribution in [2.75, 3.05) is 10.6 Å². The minimum atomic E-state index is -0.884. The lowest BCUT2D eigenvalue weighted by Crippen LogP contribution is -2.35. The fraction of sp³-hybridized carbons (Fsp3) is 0.125. The lowest BCUT2D eigenvalue weighted by molar-refractivity contribution is -0.122. The molecule has 0 saturated heterocycles. The topological polar surface area (TPSA) is 67.4 Å². The molecule has 5 nitrogen and oxygen atoms in total. The Hall–Kier alpha value is -2.96. The zero-order chi connectivity index (χ0) is 16.6. The van der Waals surface area contributed by atoms with Crippen LogP contribution in [0, 0.1) is 11.6 Å². The van der Waals surface area contributed by atoms with E-state index >= 15 is 0 Å². The van der Waals surface area contributed by atoms with Crippen LogP contribution in [-0.4, -0.2) is 17.9 Å². The summed E-state index contributed by atoms with van der Waals surface area (Å²) in [5.74, 6) is -2.36. The van der Waals surface area contributed by atoms with E-state index < -0.39 is 23.6 Å². The fourth-order valence-corrected chi connectivity index (χ4v) is 2.19. The van der Waals surface area contributed by atoms with E-state index in [-0.39, 0.29) is 22.9 Å². The molecule has 0 aromatic heterocycles. The first-order chi connectivity index (χ1) is 11.0. The minimum Gasteiger partial charge on any atom is -0.478 e. The highest BCUT2D eigenvalue weighted by Crippen LogP contribution is 2.33. The Balaban J connectivity index is 1.92. The number of fused-ring (bicyclic) bond motifs is 1. The van der Waals surface area contributed by atoms with Crippen molar-refractivity contribution < 1.29 is 23.1 Å². The van der Waals surface area contributed by atoms with Gasteiger partial charge in [-0.1, -0.05) is 6.07 Å². The average Bonchev–Trinajstić information content (AvgIpc) is 2.50. The SMILES string of the molecule is CC1Oc2c(cccc2C(=O)Nc2ccc(F)cc2F)NC1=O. The van der Waals surface area contributed by atoms with Crippen LogP contribution < -0.4 is 15.4 Å². The van der Waals surface area contributed by atoms with E-state index in [1.54, 1.807) is 19.1 Å². The quantitative estimate of drug-likeness (QED) is 0.894. The molecule has 118 valence electrons. The minimum absolute atomic E-state index is 0.137. The van der Waals surface area contributed by atoms with E-state index in [0.29, 0.717) is 11.8 Å². The number of carbonyl (C=O) groups is 2. The maximum atomic E-state index is 13.6. The number of halogens is 2. The van der Waals surface area contributed by atoms with Crippen LogP contribution >= 0.6 is 0 Å². The van der Waals surface area contributed by atoms with Crippen LogP contribution in [0.3, 0.4) is 0 Å². The van der Waals surface area contributed by atoms with Gasteiger partial charge in [-0.3, -0.25) is 9.59 Å². The summed E-state index contributed by atoms with van der Waals surface area (Å²) < 4.78 is 32.0. The van der Waals surface area contributed by atoms with E-state index in [4.69, 9.17) is 4.74 Å². The molecule has 23 heavy (non-hydrogen) atoms. The first kappa shape index (κ1) is 15.0. The smallest absolute Gasteiger partial charge is 0.265 e. The summed E-state index contributed by atoms with van der Waals surface area (Å²) in [6, 6.07) is 7.48. The summed E-state index contributed by atoms with van der Waals surface area (Å²) in [6.45, 7) is 1.55. The van der Waals surface area contributed by atoms with E-state index in [9.17, 15) is 18.4 Å². The van der Waals surface area contributed by atoms with Crippen LogP contribution in [-0.2, 0) is 4.79 Å². The molecule has 1 unspecified atom stereocenters. The van der Waals surface area contributed by atoms with Crippen molar-refractivity contribution in [3.8, 4) is 5.75 Å². The molecular formula is C16H12F2N2O3. The summed E-state index contributed by atoms with van der Waals surface area (Å²) in [6.07, 6.45) is -0.751. The van der Waals surface area contributed by atoms with Gasteiger partial charge in [0.1, 0.15) is 11.6 Å². The number of benzene rings is 2. The zero-order valence-electron chi connectivity index (χ0n) is 12.0. The van der Waals surface area contributed by atoms with E-state index in [1.807, 2.05) is 0 Å². The van der Waals surface area contributed by atoms with Gasteiger partial charge in [0.05, 0.1) is 16.9 Å². The predicted octanol–water partition coefficient (Wildman–Crippen LogP) is 2.94. The Morgan fingerprint density at radius 3 is 2.78 bits per heavy atom. The largest absolute Gasteiger partial charge is 0.478 e. The second-order valence-electron chi connectivity index (χ2n) is 5.01. The summed E-state index contributed by atoms with van der Waals surface area (Å²) >= 11 is 0. The molecule has 0 spiro atoms. The number of ether oxygens (including phenoxy) is 1. The van der Waals surface area contributed by atoms with Crippen molar-refractivity contribution in [3.05, 3.63) is 53.6 Å². The Bertz CT molecular complexity index is 808. The molecule has 1 aliphatic heterocycles. The van der Waals surface area contributed by atoms with Gasteiger partial charge in [-0.05, 0) is 31.2 Å². The predicted molar refractivity (Wildman–Crippen MR) is 79.5 cm³/mol. The second-order valence-corrected chi connectivity index (χ2v) is 5.01. The van der Waals surface area contributed by atoms with Gasteiger partial charge in [0.25, 0.3) is 11.8 Å². The summed E-state index contributed by atoms with van der Waals surface area (Å²) in [4.78, 5) is 23.9. The second kappa shape index (κ2) is 5.68. The molecule has 0 bridgehead atoms. The number of rotatable bonds is 2.